The SMILES string of the molecule is CC(C)(C)OC(=O)[C@@H](N)Cc1c[nH]c2ccccc12.CCCCCCCCCC(=O)N[C@@H](Cc1c[nH]c2ccccc12)C(=O)N[C@@H](CC(N)=O)C(=O)Oc1c(F)c(F)c(F)c(F)c1F.CCCCCCCCCC(=O)N[C@@H](Cc1c[nH]c2ccccc12)C(=O)OC(C)(C)C. The summed E-state index contributed by atoms with van der Waals surface area (Å²) in [7, 11) is 0. The second kappa shape index (κ2) is 37.3. The van der Waals surface area contributed by atoms with Crippen LogP contribution in [-0.4, -0.2) is 91.9 Å². The number of fused-ring (bicyclic) bond motifs is 3. The average molecular weight is 1310 g/mol. The lowest BCUT2D eigenvalue weighted by Crippen LogP contribution is -2.54. The second-order valence-corrected chi connectivity index (χ2v) is 25.4. The molecule has 512 valence electrons. The average Bonchev–Trinajstić information content (AvgIpc) is 0.960. The van der Waals surface area contributed by atoms with E-state index < -0.39 is 100 Å². The number of aromatic nitrogens is 3. The molecule has 7 rings (SSSR count). The van der Waals surface area contributed by atoms with Crippen LogP contribution < -0.4 is 32.2 Å². The maximum atomic E-state index is 14.1. The van der Waals surface area contributed by atoms with Crippen LogP contribution in [0.1, 0.15) is 181 Å². The minimum Gasteiger partial charge on any atom is -0.459 e. The van der Waals surface area contributed by atoms with Crippen molar-refractivity contribution >= 4 is 74.2 Å². The number of carbonyl (C=O) groups excluding carboxylic acids is 7. The molecule has 0 bridgehead atoms. The number of nitrogens with one attached hydrogen (secondary N) is 6. The Kier molecular flexibility index (Phi) is 30.2. The minimum absolute atomic E-state index is 0.0748. The standard InChI is InChI=1S/C31H35F5N4O5.C25H38N2O3.C15H20N2O2/c1-2-3-4-5-6-7-8-13-23(42)39-20(14-17-16-38-19-12-10-9-11-18(17)19)30(43)40-21(15-22(37)41)31(44)45-29-27(35)25(33)24(32)26(34)28(29)36;1-5-6-7-8-9-10-11-16-23(28)27-22(24(29)30-25(2,3)4)17-19-18-26-21-15-13-12-14-20(19)21;1-15(2,3)19-14(18)12(16)8-10-9-17-13-7-5-4-6-11(10)13/h9-12,16,20-21,38H,2-8,13-15H2,1H3,(H2,37,41)(H,39,42)(H,40,43);12-15,18,22,26H,5-11,16-17H2,1-4H3,(H,27,28);4-7,9,12,17H,8,16H2,1-3H3/t20-,21-;22-;12-/m000/s1. The lowest BCUT2D eigenvalue weighted by molar-refractivity contribution is -0.159. The van der Waals surface area contributed by atoms with E-state index in [1.54, 1.807) is 30.5 Å². The molecule has 0 spiro atoms. The van der Waals surface area contributed by atoms with Gasteiger partial charge in [-0.3, -0.25) is 24.0 Å². The number of esters is 3. The first-order valence-electron chi connectivity index (χ1n) is 32.4. The molecule has 0 radical (unpaired) electrons. The maximum absolute atomic E-state index is 14.1. The number of primary amides is 1. The monoisotopic (exact) mass is 1310 g/mol. The molecule has 3 aromatic heterocycles. The number of hydrogen-bond donors (Lipinski definition) is 8. The molecule has 10 N–H and O–H groups in total. The van der Waals surface area contributed by atoms with Gasteiger partial charge in [-0.15, -0.1) is 0 Å². The molecule has 4 atom stereocenters. The fourth-order valence-electron chi connectivity index (χ4n) is 10.3. The summed E-state index contributed by atoms with van der Waals surface area (Å²) in [4.78, 5) is 97.4. The molecule has 0 aliphatic heterocycles. The summed E-state index contributed by atoms with van der Waals surface area (Å²) in [5.74, 6) is -19.2. The highest BCUT2D eigenvalue weighted by atomic mass is 19.2. The van der Waals surface area contributed by atoms with Gasteiger partial charge in [-0.2, -0.15) is 8.78 Å². The zero-order valence-electron chi connectivity index (χ0n) is 55.2. The predicted octanol–water partition coefficient (Wildman–Crippen LogP) is 13.1. The van der Waals surface area contributed by atoms with Crippen molar-refractivity contribution in [3.8, 4) is 5.75 Å². The number of halogens is 5. The second-order valence-electron chi connectivity index (χ2n) is 25.4. The fraction of sp³-hybridized carbons (Fsp3) is 0.479. The summed E-state index contributed by atoms with van der Waals surface area (Å²) in [5, 5.41) is 10.6. The van der Waals surface area contributed by atoms with E-state index in [2.05, 4.69) is 49.5 Å². The largest absolute Gasteiger partial charge is 0.459 e. The van der Waals surface area contributed by atoms with Crippen molar-refractivity contribution in [2.24, 2.45) is 11.5 Å². The molecule has 0 saturated carbocycles. The van der Waals surface area contributed by atoms with Crippen LogP contribution in [-0.2, 0) is 62.3 Å². The molecule has 7 aromatic rings. The molecule has 0 aliphatic carbocycles. The van der Waals surface area contributed by atoms with Crippen LogP contribution in [0.5, 0.6) is 5.75 Å². The normalized spacial score (nSPS) is 12.7. The van der Waals surface area contributed by atoms with Crippen molar-refractivity contribution in [3.63, 3.8) is 0 Å². The van der Waals surface area contributed by atoms with Gasteiger partial charge < -0.3 is 56.6 Å². The summed E-state index contributed by atoms with van der Waals surface area (Å²) >= 11 is 0. The molecular formula is C71H93F5N8O10. The zero-order valence-corrected chi connectivity index (χ0v) is 55.2. The highest BCUT2D eigenvalue weighted by Crippen LogP contribution is 2.30. The van der Waals surface area contributed by atoms with Crippen LogP contribution in [0.3, 0.4) is 0 Å². The van der Waals surface area contributed by atoms with E-state index in [1.807, 2.05) is 102 Å². The van der Waals surface area contributed by atoms with E-state index in [4.69, 9.17) is 20.9 Å². The van der Waals surface area contributed by atoms with Gasteiger partial charge >= 0.3 is 17.9 Å². The molecular weight excluding hydrogens is 1220 g/mol. The van der Waals surface area contributed by atoms with Crippen LogP contribution in [0.25, 0.3) is 32.7 Å². The third-order valence-corrected chi connectivity index (χ3v) is 15.1. The highest BCUT2D eigenvalue weighted by molar-refractivity contribution is 5.94. The number of para-hydroxylation sites is 3. The number of benzene rings is 4. The third kappa shape index (κ3) is 24.7. The van der Waals surface area contributed by atoms with Gasteiger partial charge in [0.2, 0.25) is 58.5 Å². The molecule has 4 aromatic carbocycles. The van der Waals surface area contributed by atoms with Crippen molar-refractivity contribution in [1.82, 2.24) is 30.9 Å². The summed E-state index contributed by atoms with van der Waals surface area (Å²) in [6, 6.07) is 18.4. The third-order valence-electron chi connectivity index (χ3n) is 15.1. The van der Waals surface area contributed by atoms with Crippen LogP contribution >= 0.6 is 0 Å². The van der Waals surface area contributed by atoms with Gasteiger partial charge in [0, 0.05) is 83.4 Å². The summed E-state index contributed by atoms with van der Waals surface area (Å²) in [6.07, 6.45) is 20.7. The molecule has 0 aliphatic rings. The molecule has 0 saturated heterocycles. The van der Waals surface area contributed by atoms with E-state index in [1.165, 1.54) is 25.7 Å². The Hall–Kier alpha value is -8.60. The molecule has 94 heavy (non-hydrogen) atoms. The lowest BCUT2D eigenvalue weighted by atomic mass is 10.0. The number of unbranched alkanes of at least 4 members (excludes halogenated alkanes) is 12. The van der Waals surface area contributed by atoms with Crippen LogP contribution in [0.2, 0.25) is 0 Å². The lowest BCUT2D eigenvalue weighted by Gasteiger charge is -2.24. The maximum Gasteiger partial charge on any atom is 0.334 e. The van der Waals surface area contributed by atoms with Crippen molar-refractivity contribution in [2.75, 3.05) is 0 Å². The summed E-state index contributed by atoms with van der Waals surface area (Å²) in [5.41, 5.74) is 15.5. The molecule has 18 nitrogen and oxygen atoms in total. The zero-order chi connectivity index (χ0) is 69.1. The Balaban J connectivity index is 0.000000279. The number of aromatic amines is 3. The van der Waals surface area contributed by atoms with Gasteiger partial charge in [-0.1, -0.05) is 145 Å². The molecule has 4 amide bonds. The Labute approximate surface area is 546 Å². The number of rotatable bonds is 32. The topological polar surface area (TPSA) is 283 Å². The Morgan fingerprint density at radius 1 is 0.457 bits per heavy atom. The van der Waals surface area contributed by atoms with Gasteiger partial charge in [0.1, 0.15) is 35.4 Å². The van der Waals surface area contributed by atoms with Gasteiger partial charge in [-0.25, -0.2) is 22.8 Å². The Bertz CT molecular complexity index is 3600. The predicted molar refractivity (Wildman–Crippen MR) is 352 cm³/mol. The van der Waals surface area contributed by atoms with E-state index >= 15 is 0 Å². The number of ether oxygens (including phenoxy) is 3. The first-order chi connectivity index (χ1) is 44.6. The van der Waals surface area contributed by atoms with E-state index in [0.29, 0.717) is 31.2 Å². The highest BCUT2D eigenvalue weighted by Gasteiger charge is 2.35. The summed E-state index contributed by atoms with van der Waals surface area (Å²) < 4.78 is 84.3. The number of hydrogen-bond acceptors (Lipinski definition) is 11. The fourth-order valence-corrected chi connectivity index (χ4v) is 10.3. The molecule has 0 unspecified atom stereocenters. The van der Waals surface area contributed by atoms with Crippen LogP contribution in [0.15, 0.2) is 91.4 Å². The Morgan fingerprint density at radius 2 is 0.819 bits per heavy atom. The number of carbonyl (C=O) groups is 7. The van der Waals surface area contributed by atoms with Gasteiger partial charge in [0.15, 0.2) is 0 Å². The minimum atomic E-state index is -2.47. The number of amides is 4. The first kappa shape index (κ1) is 76.1. The van der Waals surface area contributed by atoms with E-state index in [0.717, 1.165) is 102 Å². The molecule has 3 heterocycles. The van der Waals surface area contributed by atoms with E-state index in [9.17, 15) is 55.5 Å². The number of H-pyrrole nitrogens is 3. The summed E-state index contributed by atoms with van der Waals surface area (Å²) in [6.45, 7) is 15.4. The first-order valence-corrected chi connectivity index (χ1v) is 32.4. The van der Waals surface area contributed by atoms with Crippen molar-refractivity contribution in [3.05, 3.63) is 137 Å². The van der Waals surface area contributed by atoms with Crippen molar-refractivity contribution in [2.45, 2.75) is 219 Å². The molecule has 23 heteroatoms. The van der Waals surface area contributed by atoms with Crippen molar-refractivity contribution < 1.29 is 69.7 Å². The van der Waals surface area contributed by atoms with Crippen molar-refractivity contribution in [1.29, 1.82) is 0 Å². The smallest absolute Gasteiger partial charge is 0.334 e. The number of nitrogens with two attached hydrogens (primary N) is 2. The van der Waals surface area contributed by atoms with Crippen LogP contribution in [0.4, 0.5) is 22.0 Å². The van der Waals surface area contributed by atoms with Gasteiger partial charge in [0.05, 0.1) is 6.42 Å². The quantitative estimate of drug-likeness (QED) is 0.00490. The van der Waals surface area contributed by atoms with Crippen LogP contribution in [0, 0.1) is 29.1 Å². The Morgan fingerprint density at radius 3 is 1.23 bits per heavy atom. The van der Waals surface area contributed by atoms with Gasteiger partial charge in [0.25, 0.3) is 0 Å². The van der Waals surface area contributed by atoms with Gasteiger partial charge in [-0.05, 0) is 89.3 Å². The van der Waals surface area contributed by atoms with E-state index in [-0.39, 0.29) is 30.7 Å². The molecule has 0 fully saturated rings.